The number of likely N-dealkylation sites (tertiary alicyclic amines) is 1. The van der Waals surface area contributed by atoms with Gasteiger partial charge >= 0.3 is 0 Å². The highest BCUT2D eigenvalue weighted by atomic mass is 35.5. The first-order valence-corrected chi connectivity index (χ1v) is 6.48. The molecule has 1 saturated heterocycles. The Hall–Kier alpha value is -1.14. The molecule has 0 spiro atoms. The van der Waals surface area contributed by atoms with E-state index in [1.807, 2.05) is 6.92 Å². The molecule has 1 aliphatic rings. The van der Waals surface area contributed by atoms with E-state index in [1.165, 1.54) is 0 Å². The molecule has 2 atom stereocenters. The van der Waals surface area contributed by atoms with Crippen molar-refractivity contribution in [3.8, 4) is 0 Å². The topological polar surface area (TPSA) is 72.8 Å². The van der Waals surface area contributed by atoms with Gasteiger partial charge in [-0.2, -0.15) is 0 Å². The number of hydrogen-bond acceptors (Lipinski definition) is 4. The van der Waals surface area contributed by atoms with Crippen LogP contribution in [0, 0.1) is 6.92 Å². The quantitative estimate of drug-likeness (QED) is 0.761. The molecule has 0 aliphatic carbocycles. The van der Waals surface area contributed by atoms with Crippen LogP contribution in [0.2, 0.25) is 5.02 Å². The summed E-state index contributed by atoms with van der Waals surface area (Å²) in [5.74, 6) is -0.188. The number of β-amino-alcohol motifs (C(OH)–C–C–N with tert-alkyl or cyclic N) is 2. The summed E-state index contributed by atoms with van der Waals surface area (Å²) in [5.41, 5.74) is 1.50. The van der Waals surface area contributed by atoms with Gasteiger partial charge in [0, 0.05) is 23.8 Å². The van der Waals surface area contributed by atoms with Gasteiger partial charge in [0.25, 0.3) is 0 Å². The summed E-state index contributed by atoms with van der Waals surface area (Å²) >= 11 is 5.98. The average Bonchev–Trinajstić information content (AvgIpc) is 2.64. The third-order valence-electron chi connectivity index (χ3n) is 3.24. The van der Waals surface area contributed by atoms with E-state index in [-0.39, 0.29) is 12.5 Å². The number of benzene rings is 1. The number of anilines is 1. The summed E-state index contributed by atoms with van der Waals surface area (Å²) < 4.78 is 0. The van der Waals surface area contributed by atoms with Crippen LogP contribution in [-0.2, 0) is 4.79 Å². The number of aliphatic hydroxyl groups excluding tert-OH is 2. The molecule has 2 rings (SSSR count). The number of nitrogens with zero attached hydrogens (tertiary/aromatic N) is 1. The van der Waals surface area contributed by atoms with Crippen LogP contribution in [0.15, 0.2) is 18.2 Å². The van der Waals surface area contributed by atoms with Crippen LogP contribution in [-0.4, -0.2) is 52.9 Å². The molecule has 1 aliphatic heterocycles. The molecule has 1 heterocycles. The normalized spacial score (nSPS) is 23.6. The van der Waals surface area contributed by atoms with Gasteiger partial charge in [-0.25, -0.2) is 0 Å². The fraction of sp³-hybridized carbons (Fsp3) is 0.462. The number of hydrogen-bond donors (Lipinski definition) is 3. The molecule has 1 fully saturated rings. The Balaban J connectivity index is 1.93. The molecule has 0 bridgehead atoms. The zero-order chi connectivity index (χ0) is 14.0. The maximum atomic E-state index is 11.9. The molecule has 0 saturated carbocycles. The monoisotopic (exact) mass is 284 g/mol. The Bertz CT molecular complexity index is 471. The molecular formula is C13H17ClN2O3. The van der Waals surface area contributed by atoms with Crippen molar-refractivity contribution in [3.63, 3.8) is 0 Å². The highest BCUT2D eigenvalue weighted by Crippen LogP contribution is 2.22. The Morgan fingerprint density at radius 3 is 2.68 bits per heavy atom. The lowest BCUT2D eigenvalue weighted by atomic mass is 10.2. The van der Waals surface area contributed by atoms with Gasteiger partial charge < -0.3 is 15.5 Å². The first kappa shape index (κ1) is 14.3. The molecule has 1 aromatic rings. The van der Waals surface area contributed by atoms with Crippen molar-refractivity contribution in [1.82, 2.24) is 4.90 Å². The molecule has 104 valence electrons. The second kappa shape index (κ2) is 5.88. The predicted octanol–water partition coefficient (Wildman–Crippen LogP) is 0.624. The molecule has 1 amide bonds. The highest BCUT2D eigenvalue weighted by Gasteiger charge is 2.30. The Kier molecular flexibility index (Phi) is 4.42. The lowest BCUT2D eigenvalue weighted by Crippen LogP contribution is -2.32. The van der Waals surface area contributed by atoms with Gasteiger partial charge in [-0.15, -0.1) is 0 Å². The lowest BCUT2D eigenvalue weighted by Gasteiger charge is -2.15. The van der Waals surface area contributed by atoms with E-state index in [0.717, 1.165) is 5.56 Å². The Morgan fingerprint density at radius 2 is 2.05 bits per heavy atom. The SMILES string of the molecule is Cc1c(Cl)cccc1NC(=O)CN1CC(O)C(O)C1. The van der Waals surface area contributed by atoms with E-state index >= 15 is 0 Å². The average molecular weight is 285 g/mol. The number of carbonyl (C=O) groups is 1. The van der Waals surface area contributed by atoms with Crippen LogP contribution < -0.4 is 5.32 Å². The van der Waals surface area contributed by atoms with Crippen molar-refractivity contribution in [3.05, 3.63) is 28.8 Å². The van der Waals surface area contributed by atoms with Crippen LogP contribution in [0.3, 0.4) is 0 Å². The number of amides is 1. The lowest BCUT2D eigenvalue weighted by molar-refractivity contribution is -0.117. The van der Waals surface area contributed by atoms with E-state index in [2.05, 4.69) is 5.32 Å². The molecule has 19 heavy (non-hydrogen) atoms. The van der Waals surface area contributed by atoms with Gasteiger partial charge in [-0.05, 0) is 24.6 Å². The zero-order valence-corrected chi connectivity index (χ0v) is 11.4. The highest BCUT2D eigenvalue weighted by molar-refractivity contribution is 6.31. The smallest absolute Gasteiger partial charge is 0.238 e. The third-order valence-corrected chi connectivity index (χ3v) is 3.65. The number of aliphatic hydroxyl groups is 2. The second-order valence-corrected chi connectivity index (χ2v) is 5.20. The van der Waals surface area contributed by atoms with E-state index < -0.39 is 12.2 Å². The molecule has 1 aromatic carbocycles. The van der Waals surface area contributed by atoms with Gasteiger partial charge in [-0.3, -0.25) is 9.69 Å². The van der Waals surface area contributed by atoms with Crippen LogP contribution in [0.4, 0.5) is 5.69 Å². The molecule has 3 N–H and O–H groups in total. The zero-order valence-electron chi connectivity index (χ0n) is 10.6. The fourth-order valence-electron chi connectivity index (χ4n) is 2.11. The first-order chi connectivity index (χ1) is 8.97. The van der Waals surface area contributed by atoms with E-state index in [4.69, 9.17) is 11.6 Å². The molecule has 0 radical (unpaired) electrons. The fourth-order valence-corrected chi connectivity index (χ4v) is 2.29. The summed E-state index contributed by atoms with van der Waals surface area (Å²) in [6, 6.07) is 5.32. The summed E-state index contributed by atoms with van der Waals surface area (Å²) in [4.78, 5) is 13.6. The largest absolute Gasteiger partial charge is 0.389 e. The third kappa shape index (κ3) is 3.45. The maximum absolute atomic E-state index is 11.9. The van der Waals surface area contributed by atoms with Crippen molar-refractivity contribution >= 4 is 23.2 Å². The molecule has 6 heteroatoms. The van der Waals surface area contributed by atoms with Gasteiger partial charge in [0.05, 0.1) is 18.8 Å². The van der Waals surface area contributed by atoms with Gasteiger partial charge in [0.15, 0.2) is 0 Å². The van der Waals surface area contributed by atoms with Gasteiger partial charge in [0.2, 0.25) is 5.91 Å². The molecule has 0 aromatic heterocycles. The number of nitrogens with one attached hydrogen (secondary N) is 1. The summed E-state index contributed by atoms with van der Waals surface area (Å²) in [5, 5.41) is 22.2. The van der Waals surface area contributed by atoms with Crippen LogP contribution >= 0.6 is 11.6 Å². The Labute approximate surface area is 116 Å². The summed E-state index contributed by atoms with van der Waals surface area (Å²) in [6.07, 6.45) is -1.55. The minimum Gasteiger partial charge on any atom is -0.389 e. The maximum Gasteiger partial charge on any atom is 0.238 e. The molecule has 2 unspecified atom stereocenters. The summed E-state index contributed by atoms with van der Waals surface area (Å²) in [7, 11) is 0. The molecular weight excluding hydrogens is 268 g/mol. The summed E-state index contributed by atoms with van der Waals surface area (Å²) in [6.45, 7) is 2.59. The first-order valence-electron chi connectivity index (χ1n) is 6.11. The van der Waals surface area contributed by atoms with Crippen LogP contribution in [0.1, 0.15) is 5.56 Å². The van der Waals surface area contributed by atoms with Crippen LogP contribution in [0.5, 0.6) is 0 Å². The van der Waals surface area contributed by atoms with Crippen molar-refractivity contribution < 1.29 is 15.0 Å². The number of halogens is 1. The van der Waals surface area contributed by atoms with Crippen LogP contribution in [0.25, 0.3) is 0 Å². The van der Waals surface area contributed by atoms with Gasteiger partial charge in [-0.1, -0.05) is 17.7 Å². The van der Waals surface area contributed by atoms with E-state index in [0.29, 0.717) is 23.8 Å². The molecule has 5 nitrogen and oxygen atoms in total. The van der Waals surface area contributed by atoms with Crippen molar-refractivity contribution in [1.29, 1.82) is 0 Å². The van der Waals surface area contributed by atoms with Crippen molar-refractivity contribution in [2.24, 2.45) is 0 Å². The van der Waals surface area contributed by atoms with Crippen molar-refractivity contribution in [2.45, 2.75) is 19.1 Å². The van der Waals surface area contributed by atoms with Crippen molar-refractivity contribution in [2.75, 3.05) is 25.0 Å². The minimum absolute atomic E-state index is 0.139. The minimum atomic E-state index is -0.777. The number of carbonyl (C=O) groups excluding carboxylic acids is 1. The van der Waals surface area contributed by atoms with Gasteiger partial charge in [0.1, 0.15) is 0 Å². The second-order valence-electron chi connectivity index (χ2n) is 4.79. The standard InChI is InChI=1S/C13H17ClN2O3/c1-8-9(14)3-2-4-10(8)15-13(19)7-16-5-11(17)12(18)6-16/h2-4,11-12,17-18H,5-7H2,1H3,(H,15,19). The predicted molar refractivity (Wildman–Crippen MR) is 73.3 cm³/mol. The van der Waals surface area contributed by atoms with E-state index in [9.17, 15) is 15.0 Å². The Morgan fingerprint density at radius 1 is 1.42 bits per heavy atom. The van der Waals surface area contributed by atoms with E-state index in [1.54, 1.807) is 23.1 Å². The number of rotatable bonds is 3.